The molecule has 3 nitrogen and oxygen atoms in total. The average Bonchev–Trinajstić information content (AvgIpc) is 2.72. The van der Waals surface area contributed by atoms with Gasteiger partial charge in [-0.2, -0.15) is 0 Å². The van der Waals surface area contributed by atoms with E-state index < -0.39 is 0 Å². The average molecular weight is 246 g/mol. The first-order valence-electron chi connectivity index (χ1n) is 5.37. The van der Waals surface area contributed by atoms with Crippen LogP contribution in [-0.2, 0) is 7.05 Å². The lowest BCUT2D eigenvalue weighted by Crippen LogP contribution is -2.09. The maximum atomic E-state index is 11.9. The third-order valence-corrected chi connectivity index (χ3v) is 3.42. The van der Waals surface area contributed by atoms with Crippen LogP contribution in [-0.4, -0.2) is 21.1 Å². The number of hydrogen-bond donors (Lipinski definition) is 0. The maximum Gasteiger partial charge on any atom is 0.208 e. The summed E-state index contributed by atoms with van der Waals surface area (Å²) in [5, 5.41) is 0. The summed E-state index contributed by atoms with van der Waals surface area (Å²) in [5.41, 5.74) is 1.21. The van der Waals surface area contributed by atoms with Crippen LogP contribution < -0.4 is 0 Å². The highest BCUT2D eigenvalue weighted by molar-refractivity contribution is 8.00. The van der Waals surface area contributed by atoms with Gasteiger partial charge >= 0.3 is 0 Å². The van der Waals surface area contributed by atoms with Crippen molar-refractivity contribution < 1.29 is 4.79 Å². The lowest BCUT2D eigenvalue weighted by Gasteiger charge is -2.02. The van der Waals surface area contributed by atoms with Gasteiger partial charge in [-0.05, 0) is 19.1 Å². The summed E-state index contributed by atoms with van der Waals surface area (Å²) >= 11 is 1.55. The Morgan fingerprint density at radius 3 is 2.94 bits per heavy atom. The molecule has 1 aromatic carbocycles. The fourth-order valence-corrected chi connectivity index (χ4v) is 2.42. The number of imidazole rings is 1. The Kier molecular flexibility index (Phi) is 3.64. The summed E-state index contributed by atoms with van der Waals surface area (Å²) in [4.78, 5) is 17.0. The van der Waals surface area contributed by atoms with Gasteiger partial charge in [-0.15, -0.1) is 11.8 Å². The van der Waals surface area contributed by atoms with E-state index in [0.29, 0.717) is 11.6 Å². The number of aromatic nitrogens is 2. The van der Waals surface area contributed by atoms with Gasteiger partial charge < -0.3 is 4.57 Å². The SMILES string of the molecule is Cc1cccc(SCC(=O)c2nccn2C)c1. The molecule has 0 amide bonds. The van der Waals surface area contributed by atoms with E-state index in [0.717, 1.165) is 4.90 Å². The minimum absolute atomic E-state index is 0.0593. The largest absolute Gasteiger partial charge is 0.332 e. The van der Waals surface area contributed by atoms with E-state index in [9.17, 15) is 4.79 Å². The second-order valence-electron chi connectivity index (χ2n) is 3.89. The van der Waals surface area contributed by atoms with Crippen molar-refractivity contribution in [2.75, 3.05) is 5.75 Å². The van der Waals surface area contributed by atoms with Crippen LogP contribution in [0.15, 0.2) is 41.6 Å². The number of hydrogen-bond acceptors (Lipinski definition) is 3. The van der Waals surface area contributed by atoms with Crippen molar-refractivity contribution in [1.29, 1.82) is 0 Å². The summed E-state index contributed by atoms with van der Waals surface area (Å²) in [5.74, 6) is 1.00. The van der Waals surface area contributed by atoms with Crippen molar-refractivity contribution >= 4 is 17.5 Å². The molecule has 0 aliphatic carbocycles. The number of carbonyl (C=O) groups is 1. The molecule has 1 heterocycles. The van der Waals surface area contributed by atoms with Gasteiger partial charge in [0.05, 0.1) is 5.75 Å². The monoisotopic (exact) mass is 246 g/mol. The molecule has 0 aliphatic rings. The molecule has 17 heavy (non-hydrogen) atoms. The molecular formula is C13H14N2OS. The highest BCUT2D eigenvalue weighted by Crippen LogP contribution is 2.19. The van der Waals surface area contributed by atoms with Crippen molar-refractivity contribution in [2.45, 2.75) is 11.8 Å². The Morgan fingerprint density at radius 1 is 1.47 bits per heavy atom. The minimum Gasteiger partial charge on any atom is -0.332 e. The van der Waals surface area contributed by atoms with Crippen molar-refractivity contribution in [3.8, 4) is 0 Å². The standard InChI is InChI=1S/C13H14N2OS/c1-10-4-3-5-11(8-10)17-9-12(16)13-14-6-7-15(13)2/h3-8H,9H2,1-2H3. The third kappa shape index (κ3) is 2.97. The topological polar surface area (TPSA) is 34.9 Å². The van der Waals surface area contributed by atoms with Crippen LogP contribution in [0.3, 0.4) is 0 Å². The van der Waals surface area contributed by atoms with E-state index in [1.54, 1.807) is 28.7 Å². The first-order valence-corrected chi connectivity index (χ1v) is 6.35. The molecular weight excluding hydrogens is 232 g/mol. The van der Waals surface area contributed by atoms with Gasteiger partial charge in [0.2, 0.25) is 5.78 Å². The minimum atomic E-state index is 0.0593. The first kappa shape index (κ1) is 11.9. The highest BCUT2D eigenvalue weighted by atomic mass is 32.2. The molecule has 0 N–H and O–H groups in total. The van der Waals surface area contributed by atoms with Crippen molar-refractivity contribution in [2.24, 2.45) is 7.05 Å². The quantitative estimate of drug-likeness (QED) is 0.614. The normalized spacial score (nSPS) is 10.5. The molecule has 0 unspecified atom stereocenters. The van der Waals surface area contributed by atoms with Gasteiger partial charge in [-0.1, -0.05) is 17.7 Å². The van der Waals surface area contributed by atoms with Crippen LogP contribution in [0.25, 0.3) is 0 Å². The van der Waals surface area contributed by atoms with Gasteiger partial charge in [-0.25, -0.2) is 4.98 Å². The molecule has 2 aromatic rings. The number of nitrogens with zero attached hydrogens (tertiary/aromatic N) is 2. The molecule has 88 valence electrons. The van der Waals surface area contributed by atoms with Gasteiger partial charge in [0.15, 0.2) is 5.82 Å². The van der Waals surface area contributed by atoms with Gasteiger partial charge in [0, 0.05) is 24.3 Å². The summed E-state index contributed by atoms with van der Waals surface area (Å²) in [7, 11) is 1.83. The number of ketones is 1. The van der Waals surface area contributed by atoms with Crippen molar-refractivity contribution in [3.63, 3.8) is 0 Å². The predicted octanol–water partition coefficient (Wildman–Crippen LogP) is 2.70. The zero-order chi connectivity index (χ0) is 12.3. The molecule has 0 fully saturated rings. The fourth-order valence-electron chi connectivity index (χ4n) is 1.55. The van der Waals surface area contributed by atoms with Gasteiger partial charge in [0.25, 0.3) is 0 Å². The van der Waals surface area contributed by atoms with Crippen LogP contribution in [0.5, 0.6) is 0 Å². The summed E-state index contributed by atoms with van der Waals surface area (Å²) in [6.07, 6.45) is 3.43. The lowest BCUT2D eigenvalue weighted by molar-refractivity contribution is 0.101. The second kappa shape index (κ2) is 5.19. The van der Waals surface area contributed by atoms with E-state index >= 15 is 0 Å². The third-order valence-electron chi connectivity index (χ3n) is 2.43. The smallest absolute Gasteiger partial charge is 0.208 e. The molecule has 0 aliphatic heterocycles. The number of rotatable bonds is 4. The second-order valence-corrected chi connectivity index (χ2v) is 4.94. The lowest BCUT2D eigenvalue weighted by atomic mass is 10.2. The highest BCUT2D eigenvalue weighted by Gasteiger charge is 2.11. The van der Waals surface area contributed by atoms with Crippen LogP contribution in [0, 0.1) is 6.92 Å². The van der Waals surface area contributed by atoms with E-state index in [1.807, 2.05) is 32.2 Å². The molecule has 0 radical (unpaired) electrons. The zero-order valence-corrected chi connectivity index (χ0v) is 10.7. The maximum absolute atomic E-state index is 11.9. The molecule has 0 spiro atoms. The van der Waals surface area contributed by atoms with Crippen LogP contribution in [0.4, 0.5) is 0 Å². The summed E-state index contributed by atoms with van der Waals surface area (Å²) < 4.78 is 1.75. The molecule has 0 atom stereocenters. The molecule has 0 bridgehead atoms. The van der Waals surface area contributed by atoms with E-state index in [1.165, 1.54) is 5.56 Å². The fraction of sp³-hybridized carbons (Fsp3) is 0.231. The Bertz CT molecular complexity index is 534. The molecule has 0 saturated carbocycles. The zero-order valence-electron chi connectivity index (χ0n) is 9.88. The number of benzene rings is 1. The Morgan fingerprint density at radius 2 is 2.29 bits per heavy atom. The number of carbonyl (C=O) groups excluding carboxylic acids is 1. The van der Waals surface area contributed by atoms with Gasteiger partial charge in [0.1, 0.15) is 0 Å². The number of aryl methyl sites for hydroxylation is 2. The van der Waals surface area contributed by atoms with Crippen molar-refractivity contribution in [1.82, 2.24) is 9.55 Å². The molecule has 2 rings (SSSR count). The van der Waals surface area contributed by atoms with Crippen LogP contribution in [0.2, 0.25) is 0 Å². The first-order chi connectivity index (χ1) is 8.16. The van der Waals surface area contributed by atoms with E-state index in [2.05, 4.69) is 11.1 Å². The van der Waals surface area contributed by atoms with Crippen LogP contribution in [0.1, 0.15) is 16.2 Å². The molecule has 4 heteroatoms. The molecule has 1 aromatic heterocycles. The Hall–Kier alpha value is -1.55. The number of Topliss-reactive ketones (excluding diaryl/α,β-unsaturated/α-hetero) is 1. The summed E-state index contributed by atoms with van der Waals surface area (Å²) in [6, 6.07) is 8.15. The molecule has 0 saturated heterocycles. The number of thioether (sulfide) groups is 1. The van der Waals surface area contributed by atoms with E-state index in [-0.39, 0.29) is 5.78 Å². The van der Waals surface area contributed by atoms with Gasteiger partial charge in [-0.3, -0.25) is 4.79 Å². The van der Waals surface area contributed by atoms with Crippen molar-refractivity contribution in [3.05, 3.63) is 48.0 Å². The Balaban J connectivity index is 1.99. The predicted molar refractivity (Wildman–Crippen MR) is 69.4 cm³/mol. The van der Waals surface area contributed by atoms with E-state index in [4.69, 9.17) is 0 Å². The summed E-state index contributed by atoms with van der Waals surface area (Å²) in [6.45, 7) is 2.05. The van der Waals surface area contributed by atoms with Crippen LogP contribution >= 0.6 is 11.8 Å². The Labute approximate surface area is 105 Å².